The van der Waals surface area contributed by atoms with Crippen LogP contribution in [0.2, 0.25) is 0 Å². The minimum Gasteiger partial charge on any atom is -0.462 e. The molecule has 0 radical (unpaired) electrons. The van der Waals surface area contributed by atoms with Gasteiger partial charge in [0.2, 0.25) is 5.91 Å². The lowest BCUT2D eigenvalue weighted by Gasteiger charge is -2.15. The first-order valence-electron chi connectivity index (χ1n) is 6.35. The Morgan fingerprint density at radius 2 is 2.39 bits per heavy atom. The van der Waals surface area contributed by atoms with Gasteiger partial charge in [-0.1, -0.05) is 0 Å². The van der Waals surface area contributed by atoms with Crippen molar-refractivity contribution in [1.29, 1.82) is 0 Å². The minimum absolute atomic E-state index is 0.102. The third kappa shape index (κ3) is 3.74. The summed E-state index contributed by atoms with van der Waals surface area (Å²) in [5.41, 5.74) is 0. The third-order valence-corrected chi connectivity index (χ3v) is 3.12. The van der Waals surface area contributed by atoms with Crippen LogP contribution in [0.1, 0.15) is 30.8 Å². The van der Waals surface area contributed by atoms with E-state index in [1.165, 1.54) is 6.08 Å². The Hall–Kier alpha value is -1.55. The summed E-state index contributed by atoms with van der Waals surface area (Å²) < 4.78 is 5.34. The van der Waals surface area contributed by atoms with E-state index in [0.29, 0.717) is 18.1 Å². The van der Waals surface area contributed by atoms with Crippen molar-refractivity contribution in [2.24, 2.45) is 5.92 Å². The molecule has 2 rings (SSSR count). The van der Waals surface area contributed by atoms with Crippen LogP contribution in [-0.4, -0.2) is 23.7 Å². The molecule has 18 heavy (non-hydrogen) atoms. The van der Waals surface area contributed by atoms with E-state index in [-0.39, 0.29) is 18.6 Å². The average molecular weight is 249 g/mol. The molecular formula is C14H19NO3. The Kier molecular flexibility index (Phi) is 4.20. The van der Waals surface area contributed by atoms with Crippen LogP contribution in [0.15, 0.2) is 22.6 Å². The van der Waals surface area contributed by atoms with Gasteiger partial charge in [-0.15, -0.1) is 0 Å². The highest BCUT2D eigenvalue weighted by molar-refractivity contribution is 5.91. The monoisotopic (exact) mass is 249 g/mol. The fourth-order valence-corrected chi connectivity index (χ4v) is 2.00. The summed E-state index contributed by atoms with van der Waals surface area (Å²) in [6, 6.07) is 3.78. The predicted molar refractivity (Wildman–Crippen MR) is 68.8 cm³/mol. The molecule has 1 heterocycles. The highest BCUT2D eigenvalue weighted by Crippen LogP contribution is 2.33. The van der Waals surface area contributed by atoms with Gasteiger partial charge in [0.1, 0.15) is 11.5 Å². The highest BCUT2D eigenvalue weighted by Gasteiger charge is 2.31. The standard InChI is InChI=1S/C14H19NO3/c1-10-2-5-12(18-10)6-7-14(17)15-13(8-9-16)11-3-4-11/h2,5-7,11,13,16H,3-4,8-9H2,1H3,(H,15,17)/b7-6+. The molecule has 1 fully saturated rings. The Balaban J connectivity index is 1.85. The Bertz CT molecular complexity index is 432. The molecule has 1 aromatic heterocycles. The van der Waals surface area contributed by atoms with Gasteiger partial charge >= 0.3 is 0 Å². The molecule has 1 aromatic rings. The third-order valence-electron chi connectivity index (χ3n) is 3.12. The van der Waals surface area contributed by atoms with E-state index in [1.54, 1.807) is 6.08 Å². The highest BCUT2D eigenvalue weighted by atomic mass is 16.3. The first-order valence-corrected chi connectivity index (χ1v) is 6.35. The first kappa shape index (κ1) is 12.9. The molecular weight excluding hydrogens is 230 g/mol. The molecule has 0 saturated heterocycles. The molecule has 1 saturated carbocycles. The van der Waals surface area contributed by atoms with E-state index in [0.717, 1.165) is 18.6 Å². The lowest BCUT2D eigenvalue weighted by Crippen LogP contribution is -2.36. The van der Waals surface area contributed by atoms with E-state index in [9.17, 15) is 4.79 Å². The van der Waals surface area contributed by atoms with Crippen molar-refractivity contribution in [3.05, 3.63) is 29.7 Å². The topological polar surface area (TPSA) is 62.5 Å². The summed E-state index contributed by atoms with van der Waals surface area (Å²) in [5.74, 6) is 1.91. The molecule has 1 aliphatic carbocycles. The average Bonchev–Trinajstić information content (AvgIpc) is 3.10. The zero-order valence-corrected chi connectivity index (χ0v) is 10.6. The van der Waals surface area contributed by atoms with Gasteiger partial charge in [0.25, 0.3) is 0 Å². The molecule has 0 aliphatic heterocycles. The molecule has 2 N–H and O–H groups in total. The van der Waals surface area contributed by atoms with Gasteiger partial charge in [0.15, 0.2) is 0 Å². The van der Waals surface area contributed by atoms with Crippen LogP contribution in [-0.2, 0) is 4.79 Å². The minimum atomic E-state index is -0.130. The maximum absolute atomic E-state index is 11.7. The van der Waals surface area contributed by atoms with Crippen LogP contribution in [0, 0.1) is 12.8 Å². The van der Waals surface area contributed by atoms with Crippen molar-refractivity contribution in [3.63, 3.8) is 0 Å². The predicted octanol–water partition coefficient (Wildman–Crippen LogP) is 1.88. The van der Waals surface area contributed by atoms with Crippen LogP contribution in [0.4, 0.5) is 0 Å². The maximum Gasteiger partial charge on any atom is 0.244 e. The van der Waals surface area contributed by atoms with Crippen LogP contribution in [0.3, 0.4) is 0 Å². The second-order valence-electron chi connectivity index (χ2n) is 4.75. The van der Waals surface area contributed by atoms with E-state index in [4.69, 9.17) is 9.52 Å². The number of aliphatic hydroxyl groups is 1. The number of furan rings is 1. The van der Waals surface area contributed by atoms with E-state index < -0.39 is 0 Å². The molecule has 1 amide bonds. The van der Waals surface area contributed by atoms with Crippen molar-refractivity contribution in [1.82, 2.24) is 5.32 Å². The maximum atomic E-state index is 11.7. The second kappa shape index (κ2) is 5.87. The Morgan fingerprint density at radius 1 is 1.61 bits per heavy atom. The fourth-order valence-electron chi connectivity index (χ4n) is 2.00. The van der Waals surface area contributed by atoms with Crippen LogP contribution < -0.4 is 5.32 Å². The summed E-state index contributed by atoms with van der Waals surface area (Å²) in [6.45, 7) is 1.98. The normalized spacial score (nSPS) is 17.0. The van der Waals surface area contributed by atoms with Crippen molar-refractivity contribution in [2.45, 2.75) is 32.2 Å². The van der Waals surface area contributed by atoms with Crippen molar-refractivity contribution < 1.29 is 14.3 Å². The summed E-state index contributed by atoms with van der Waals surface area (Å²) in [6.07, 6.45) is 6.05. The molecule has 98 valence electrons. The Morgan fingerprint density at radius 3 is 2.94 bits per heavy atom. The first-order chi connectivity index (χ1) is 8.69. The zero-order valence-electron chi connectivity index (χ0n) is 10.6. The van der Waals surface area contributed by atoms with Gasteiger partial charge < -0.3 is 14.8 Å². The summed E-state index contributed by atoms with van der Waals surface area (Å²) in [7, 11) is 0. The van der Waals surface area contributed by atoms with Crippen molar-refractivity contribution in [2.75, 3.05) is 6.61 Å². The number of carbonyl (C=O) groups is 1. The van der Waals surface area contributed by atoms with E-state index in [1.807, 2.05) is 19.1 Å². The quantitative estimate of drug-likeness (QED) is 0.757. The summed E-state index contributed by atoms with van der Waals surface area (Å²) >= 11 is 0. The SMILES string of the molecule is Cc1ccc(/C=C/C(=O)NC(CCO)C2CC2)o1. The molecule has 4 nitrogen and oxygen atoms in total. The second-order valence-corrected chi connectivity index (χ2v) is 4.75. The summed E-state index contributed by atoms with van der Waals surface area (Å²) in [4.78, 5) is 11.7. The number of aliphatic hydroxyl groups excluding tert-OH is 1. The number of carbonyl (C=O) groups excluding carboxylic acids is 1. The number of hydrogen-bond acceptors (Lipinski definition) is 3. The van der Waals surface area contributed by atoms with Crippen LogP contribution >= 0.6 is 0 Å². The molecule has 0 bridgehead atoms. The lowest BCUT2D eigenvalue weighted by molar-refractivity contribution is -0.117. The largest absolute Gasteiger partial charge is 0.462 e. The van der Waals surface area contributed by atoms with Gasteiger partial charge in [-0.3, -0.25) is 4.79 Å². The molecule has 0 aromatic carbocycles. The van der Waals surface area contributed by atoms with Gasteiger partial charge in [-0.25, -0.2) is 0 Å². The van der Waals surface area contributed by atoms with Crippen molar-refractivity contribution in [3.8, 4) is 0 Å². The van der Waals surface area contributed by atoms with Gasteiger partial charge in [0, 0.05) is 18.7 Å². The number of rotatable bonds is 6. The van der Waals surface area contributed by atoms with E-state index in [2.05, 4.69) is 5.32 Å². The molecule has 1 unspecified atom stereocenters. The molecule has 0 spiro atoms. The van der Waals surface area contributed by atoms with Gasteiger partial charge in [0.05, 0.1) is 0 Å². The smallest absolute Gasteiger partial charge is 0.244 e. The van der Waals surface area contributed by atoms with Crippen molar-refractivity contribution >= 4 is 12.0 Å². The van der Waals surface area contributed by atoms with Gasteiger partial charge in [-0.2, -0.15) is 0 Å². The molecule has 1 aliphatic rings. The number of amides is 1. The lowest BCUT2D eigenvalue weighted by atomic mass is 10.1. The van der Waals surface area contributed by atoms with E-state index >= 15 is 0 Å². The fraction of sp³-hybridized carbons (Fsp3) is 0.500. The van der Waals surface area contributed by atoms with Gasteiger partial charge in [-0.05, 0) is 50.3 Å². The number of hydrogen-bond donors (Lipinski definition) is 2. The summed E-state index contributed by atoms with van der Waals surface area (Å²) in [5, 5.41) is 11.9. The number of nitrogens with one attached hydrogen (secondary N) is 1. The zero-order chi connectivity index (χ0) is 13.0. The molecule has 1 atom stereocenters. The molecule has 4 heteroatoms. The number of aryl methyl sites for hydroxylation is 1. The Labute approximate surface area is 107 Å². The van der Waals surface area contributed by atoms with Crippen LogP contribution in [0.5, 0.6) is 0 Å². The van der Waals surface area contributed by atoms with Crippen LogP contribution in [0.25, 0.3) is 6.08 Å².